The van der Waals surface area contributed by atoms with E-state index in [1.807, 2.05) is 14.1 Å². The van der Waals surface area contributed by atoms with Gasteiger partial charge >= 0.3 is 0 Å². The maximum atomic E-state index is 11.3. The first-order chi connectivity index (χ1) is 6.58. The number of carbonyl (C=O) groups excluding carboxylic acids is 1. The van der Waals surface area contributed by atoms with Crippen molar-refractivity contribution in [1.82, 2.24) is 15.1 Å². The summed E-state index contributed by atoms with van der Waals surface area (Å²) in [5.74, 6) is 0.271. The minimum absolute atomic E-state index is 0.133. The average molecular weight is 215 g/mol. The molecule has 76 valence electrons. The zero-order valence-electron chi connectivity index (χ0n) is 7.99. The predicted molar refractivity (Wildman–Crippen MR) is 54.2 cm³/mol. The van der Waals surface area contributed by atoms with Crippen LogP contribution < -0.4 is 5.32 Å². The molecule has 0 spiro atoms. The van der Waals surface area contributed by atoms with Gasteiger partial charge in [0.25, 0.3) is 0 Å². The van der Waals surface area contributed by atoms with Crippen molar-refractivity contribution in [3.63, 3.8) is 0 Å². The van der Waals surface area contributed by atoms with Crippen LogP contribution in [0.25, 0.3) is 0 Å². The molecular formula is C8H11ClN4O. The van der Waals surface area contributed by atoms with Crippen LogP contribution in [-0.4, -0.2) is 41.6 Å². The highest BCUT2D eigenvalue weighted by atomic mass is 35.5. The molecule has 0 atom stereocenters. The van der Waals surface area contributed by atoms with Gasteiger partial charge in [-0.2, -0.15) is 0 Å². The molecule has 0 bridgehead atoms. The Morgan fingerprint density at radius 3 is 2.71 bits per heavy atom. The predicted octanol–water partition coefficient (Wildman–Crippen LogP) is 0.630. The van der Waals surface area contributed by atoms with Gasteiger partial charge in [-0.15, -0.1) is 10.2 Å². The molecule has 1 aromatic heterocycles. The van der Waals surface area contributed by atoms with Crippen molar-refractivity contribution >= 4 is 23.3 Å². The number of likely N-dealkylation sites (N-methyl/N-ethyl adjacent to an activating group) is 1. The van der Waals surface area contributed by atoms with Crippen molar-refractivity contribution < 1.29 is 4.79 Å². The highest BCUT2D eigenvalue weighted by Crippen LogP contribution is 2.05. The van der Waals surface area contributed by atoms with Gasteiger partial charge in [-0.3, -0.25) is 4.79 Å². The molecule has 1 amide bonds. The van der Waals surface area contributed by atoms with Crippen molar-refractivity contribution in [1.29, 1.82) is 0 Å². The first-order valence-corrected chi connectivity index (χ1v) is 4.39. The Bertz CT molecular complexity index is 312. The number of rotatable bonds is 3. The third kappa shape index (κ3) is 3.68. The van der Waals surface area contributed by atoms with E-state index in [9.17, 15) is 4.79 Å². The fourth-order valence-corrected chi connectivity index (χ4v) is 0.953. The van der Waals surface area contributed by atoms with Crippen LogP contribution >= 0.6 is 11.6 Å². The number of hydrogen-bond donors (Lipinski definition) is 1. The van der Waals surface area contributed by atoms with Gasteiger partial charge in [-0.05, 0) is 26.2 Å². The van der Waals surface area contributed by atoms with Gasteiger partial charge in [0.15, 0.2) is 11.0 Å². The summed E-state index contributed by atoms with van der Waals surface area (Å²) < 4.78 is 0. The van der Waals surface area contributed by atoms with Crippen LogP contribution in [0.5, 0.6) is 0 Å². The summed E-state index contributed by atoms with van der Waals surface area (Å²) in [6, 6.07) is 3.17. The Morgan fingerprint density at radius 2 is 2.21 bits per heavy atom. The summed E-state index contributed by atoms with van der Waals surface area (Å²) in [7, 11) is 3.63. The molecule has 0 radical (unpaired) electrons. The lowest BCUT2D eigenvalue weighted by atomic mass is 10.5. The standard InChI is InChI=1S/C8H11ClN4O/c1-13(2)5-8(14)10-7-4-3-6(9)11-12-7/h3-4H,5H2,1-2H3,(H,10,12,14). The van der Waals surface area contributed by atoms with E-state index in [1.54, 1.807) is 17.0 Å². The van der Waals surface area contributed by atoms with Gasteiger partial charge < -0.3 is 10.2 Å². The SMILES string of the molecule is CN(C)CC(=O)Nc1ccc(Cl)nn1. The minimum atomic E-state index is -0.133. The van der Waals surface area contributed by atoms with Gasteiger partial charge in [-0.1, -0.05) is 11.6 Å². The monoisotopic (exact) mass is 214 g/mol. The molecule has 0 saturated heterocycles. The van der Waals surface area contributed by atoms with Crippen molar-refractivity contribution in [2.45, 2.75) is 0 Å². The van der Waals surface area contributed by atoms with E-state index in [0.717, 1.165) is 0 Å². The normalized spacial score (nSPS) is 10.3. The fourth-order valence-electron chi connectivity index (χ4n) is 0.852. The molecule has 0 saturated carbocycles. The van der Waals surface area contributed by atoms with E-state index in [1.165, 1.54) is 0 Å². The Kier molecular flexibility index (Phi) is 3.79. The Labute approximate surface area is 87.1 Å². The van der Waals surface area contributed by atoms with E-state index < -0.39 is 0 Å². The topological polar surface area (TPSA) is 58.1 Å². The lowest BCUT2D eigenvalue weighted by Gasteiger charge is -2.08. The van der Waals surface area contributed by atoms with E-state index in [2.05, 4.69) is 15.5 Å². The molecule has 14 heavy (non-hydrogen) atoms. The van der Waals surface area contributed by atoms with Crippen LogP contribution in [0.4, 0.5) is 5.82 Å². The summed E-state index contributed by atoms with van der Waals surface area (Å²) in [5, 5.41) is 10.2. The first-order valence-electron chi connectivity index (χ1n) is 4.02. The van der Waals surface area contributed by atoms with Gasteiger partial charge in [0.1, 0.15) is 0 Å². The number of nitrogens with zero attached hydrogens (tertiary/aromatic N) is 3. The maximum absolute atomic E-state index is 11.3. The Morgan fingerprint density at radius 1 is 1.50 bits per heavy atom. The Hall–Kier alpha value is -1.20. The van der Waals surface area contributed by atoms with Crippen LogP contribution in [0.3, 0.4) is 0 Å². The summed E-state index contributed by atoms with van der Waals surface area (Å²) in [4.78, 5) is 13.0. The molecule has 1 heterocycles. The number of anilines is 1. The lowest BCUT2D eigenvalue weighted by Crippen LogP contribution is -2.27. The summed E-state index contributed by atoms with van der Waals surface area (Å²) >= 11 is 5.54. The number of hydrogen-bond acceptors (Lipinski definition) is 4. The summed E-state index contributed by atoms with van der Waals surface area (Å²) in [6.45, 7) is 0.310. The molecule has 0 aliphatic carbocycles. The maximum Gasteiger partial charge on any atom is 0.239 e. The van der Waals surface area contributed by atoms with E-state index in [-0.39, 0.29) is 5.91 Å². The van der Waals surface area contributed by atoms with Crippen LogP contribution in [0.1, 0.15) is 0 Å². The number of aromatic nitrogens is 2. The second-order valence-electron chi connectivity index (χ2n) is 3.03. The number of carbonyl (C=O) groups is 1. The van der Waals surface area contributed by atoms with E-state index >= 15 is 0 Å². The van der Waals surface area contributed by atoms with Crippen molar-refractivity contribution in [3.05, 3.63) is 17.3 Å². The van der Waals surface area contributed by atoms with Gasteiger partial charge in [0, 0.05) is 0 Å². The third-order valence-corrected chi connectivity index (χ3v) is 1.56. The number of amides is 1. The van der Waals surface area contributed by atoms with Crippen LogP contribution in [0.2, 0.25) is 5.15 Å². The summed E-state index contributed by atoms with van der Waals surface area (Å²) in [5.41, 5.74) is 0. The molecule has 0 fully saturated rings. The van der Waals surface area contributed by atoms with Gasteiger partial charge in [0.2, 0.25) is 5.91 Å². The molecule has 0 aliphatic rings. The Balaban J connectivity index is 2.52. The molecule has 5 nitrogen and oxygen atoms in total. The second kappa shape index (κ2) is 4.88. The average Bonchev–Trinajstić information content (AvgIpc) is 2.07. The highest BCUT2D eigenvalue weighted by Gasteiger charge is 2.04. The van der Waals surface area contributed by atoms with E-state index in [4.69, 9.17) is 11.6 Å². The summed E-state index contributed by atoms with van der Waals surface area (Å²) in [6.07, 6.45) is 0. The minimum Gasteiger partial charge on any atom is -0.308 e. The van der Waals surface area contributed by atoms with Gasteiger partial charge in [-0.25, -0.2) is 0 Å². The number of halogens is 1. The van der Waals surface area contributed by atoms with Crippen molar-refractivity contribution in [2.24, 2.45) is 0 Å². The molecular weight excluding hydrogens is 204 g/mol. The molecule has 1 rings (SSSR count). The molecule has 0 unspecified atom stereocenters. The van der Waals surface area contributed by atoms with Crippen LogP contribution in [-0.2, 0) is 4.79 Å². The zero-order chi connectivity index (χ0) is 10.6. The number of nitrogens with one attached hydrogen (secondary N) is 1. The first kappa shape index (κ1) is 10.9. The largest absolute Gasteiger partial charge is 0.308 e. The highest BCUT2D eigenvalue weighted by molar-refractivity contribution is 6.29. The second-order valence-corrected chi connectivity index (χ2v) is 3.41. The van der Waals surface area contributed by atoms with E-state index in [0.29, 0.717) is 17.5 Å². The molecule has 0 aromatic carbocycles. The molecule has 1 aromatic rings. The molecule has 0 aliphatic heterocycles. The van der Waals surface area contributed by atoms with Crippen LogP contribution in [0, 0.1) is 0 Å². The molecule has 1 N–H and O–H groups in total. The molecule has 6 heteroatoms. The van der Waals surface area contributed by atoms with Crippen molar-refractivity contribution in [3.8, 4) is 0 Å². The van der Waals surface area contributed by atoms with Gasteiger partial charge in [0.05, 0.1) is 6.54 Å². The quantitative estimate of drug-likeness (QED) is 0.802. The van der Waals surface area contributed by atoms with Crippen LogP contribution in [0.15, 0.2) is 12.1 Å². The fraction of sp³-hybridized carbons (Fsp3) is 0.375. The zero-order valence-corrected chi connectivity index (χ0v) is 8.75. The van der Waals surface area contributed by atoms with Crippen molar-refractivity contribution in [2.75, 3.05) is 26.0 Å². The smallest absolute Gasteiger partial charge is 0.239 e. The lowest BCUT2D eigenvalue weighted by molar-refractivity contribution is -0.116. The third-order valence-electron chi connectivity index (χ3n) is 1.36.